The Morgan fingerprint density at radius 3 is 1.55 bits per heavy atom. The van der Waals surface area contributed by atoms with Gasteiger partial charge < -0.3 is 18.1 Å². The van der Waals surface area contributed by atoms with Crippen molar-refractivity contribution in [2.75, 3.05) is 6.61 Å². The van der Waals surface area contributed by atoms with E-state index in [4.69, 9.17) is 13.3 Å². The van der Waals surface area contributed by atoms with E-state index >= 15 is 0 Å². The maximum Gasteiger partial charge on any atom is 0.184 e. The summed E-state index contributed by atoms with van der Waals surface area (Å²) >= 11 is 0. The second kappa shape index (κ2) is 7.46. The van der Waals surface area contributed by atoms with Crippen molar-refractivity contribution in [3.63, 3.8) is 0 Å². The fraction of sp³-hybridized carbons (Fsp3) is 0.923. The van der Waals surface area contributed by atoms with Gasteiger partial charge in [0.05, 0.1) is 12.7 Å². The molecule has 0 N–H and O–H groups in total. The summed E-state index contributed by atoms with van der Waals surface area (Å²) in [5.74, 6) is 0. The Morgan fingerprint density at radius 2 is 1.25 bits per heavy atom. The standard InChI is InChI=1S/C13H32O4Si3/c1-18(2,3)15-11-13(17-20(7,8)9)12(10-14)16-19(4,5)6/h10,12-13H,11H2,1-9H3/t12-,13+/m0/s1. The first-order chi connectivity index (χ1) is 8.73. The van der Waals surface area contributed by atoms with Gasteiger partial charge in [-0.2, -0.15) is 0 Å². The Bertz CT molecular complexity index is 302. The molecule has 2 atom stereocenters. The minimum absolute atomic E-state index is 0.294. The summed E-state index contributed by atoms with van der Waals surface area (Å²) in [6, 6.07) is 0. The molecule has 0 spiro atoms. The van der Waals surface area contributed by atoms with Crippen molar-refractivity contribution in [2.45, 2.75) is 71.1 Å². The SMILES string of the molecule is C[Si](C)(C)OC[C@@H](O[Si](C)(C)C)[C@H](C=O)O[Si](C)(C)C. The minimum atomic E-state index is -1.79. The highest BCUT2D eigenvalue weighted by atomic mass is 28.4. The first-order valence-electron chi connectivity index (χ1n) is 7.18. The zero-order valence-corrected chi connectivity index (χ0v) is 17.6. The van der Waals surface area contributed by atoms with Crippen molar-refractivity contribution in [2.24, 2.45) is 0 Å². The maximum absolute atomic E-state index is 11.4. The van der Waals surface area contributed by atoms with Crippen LogP contribution in [0.3, 0.4) is 0 Å². The van der Waals surface area contributed by atoms with Crippen LogP contribution >= 0.6 is 0 Å². The van der Waals surface area contributed by atoms with E-state index in [1.54, 1.807) is 0 Å². The molecule has 0 rings (SSSR count). The molecule has 0 aromatic rings. The number of hydrogen-bond donors (Lipinski definition) is 0. The van der Waals surface area contributed by atoms with Crippen molar-refractivity contribution in [1.82, 2.24) is 0 Å². The molecule has 0 saturated carbocycles. The van der Waals surface area contributed by atoms with Crippen molar-refractivity contribution in [3.8, 4) is 0 Å². The molecule has 0 amide bonds. The van der Waals surface area contributed by atoms with E-state index in [-0.39, 0.29) is 6.10 Å². The number of rotatable bonds is 9. The number of hydrogen-bond acceptors (Lipinski definition) is 4. The van der Waals surface area contributed by atoms with Gasteiger partial charge in [0.1, 0.15) is 12.4 Å². The quantitative estimate of drug-likeness (QED) is 0.478. The van der Waals surface area contributed by atoms with Gasteiger partial charge in [-0.3, -0.25) is 0 Å². The van der Waals surface area contributed by atoms with E-state index in [9.17, 15) is 4.79 Å². The van der Waals surface area contributed by atoms with Crippen molar-refractivity contribution in [1.29, 1.82) is 0 Å². The largest absolute Gasteiger partial charge is 0.415 e. The van der Waals surface area contributed by atoms with Crippen LogP contribution in [-0.4, -0.2) is 50.1 Å². The van der Waals surface area contributed by atoms with Gasteiger partial charge in [-0.05, 0) is 58.9 Å². The fourth-order valence-electron chi connectivity index (χ4n) is 1.58. The van der Waals surface area contributed by atoms with Crippen LogP contribution in [-0.2, 0) is 18.1 Å². The van der Waals surface area contributed by atoms with E-state index in [1.165, 1.54) is 0 Å². The lowest BCUT2D eigenvalue weighted by atomic mass is 10.2. The number of carbonyl (C=O) groups is 1. The van der Waals surface area contributed by atoms with Gasteiger partial charge in [0, 0.05) is 0 Å². The Morgan fingerprint density at radius 1 is 0.800 bits per heavy atom. The van der Waals surface area contributed by atoms with Crippen LogP contribution in [0.4, 0.5) is 0 Å². The predicted molar refractivity (Wildman–Crippen MR) is 91.8 cm³/mol. The smallest absolute Gasteiger partial charge is 0.184 e. The molecule has 0 heterocycles. The van der Waals surface area contributed by atoms with Crippen LogP contribution in [0, 0.1) is 0 Å². The summed E-state index contributed by atoms with van der Waals surface area (Å²) in [4.78, 5) is 11.4. The summed E-state index contributed by atoms with van der Waals surface area (Å²) in [5, 5.41) is 0. The highest BCUT2D eigenvalue weighted by molar-refractivity contribution is 6.70. The highest BCUT2D eigenvalue weighted by Gasteiger charge is 2.33. The third kappa shape index (κ3) is 10.9. The third-order valence-corrected chi connectivity index (χ3v) is 5.20. The molecule has 0 aliphatic carbocycles. The summed E-state index contributed by atoms with van der Waals surface area (Å²) in [6.45, 7) is 19.4. The molecule has 20 heavy (non-hydrogen) atoms. The molecule has 0 aliphatic heterocycles. The van der Waals surface area contributed by atoms with Gasteiger partial charge in [-0.25, -0.2) is 0 Å². The van der Waals surface area contributed by atoms with Crippen LogP contribution in [0.25, 0.3) is 0 Å². The zero-order valence-electron chi connectivity index (χ0n) is 14.6. The zero-order chi connectivity index (χ0) is 16.2. The second-order valence-corrected chi connectivity index (χ2v) is 21.5. The van der Waals surface area contributed by atoms with Crippen LogP contribution < -0.4 is 0 Å². The lowest BCUT2D eigenvalue weighted by molar-refractivity contribution is -0.119. The molecule has 7 heteroatoms. The van der Waals surface area contributed by atoms with Crippen LogP contribution in [0.2, 0.25) is 58.9 Å². The minimum Gasteiger partial charge on any atom is -0.415 e. The van der Waals surface area contributed by atoms with E-state index in [1.807, 2.05) is 0 Å². The summed E-state index contributed by atoms with van der Waals surface area (Å²) < 4.78 is 18.0. The molecule has 0 aromatic carbocycles. The molecule has 0 aliphatic rings. The molecule has 0 unspecified atom stereocenters. The lowest BCUT2D eigenvalue weighted by Gasteiger charge is -2.34. The Kier molecular flexibility index (Phi) is 7.53. The third-order valence-electron chi connectivity index (χ3n) is 2.18. The van der Waals surface area contributed by atoms with Crippen LogP contribution in [0.5, 0.6) is 0 Å². The first-order valence-corrected chi connectivity index (χ1v) is 17.4. The Hall–Kier alpha value is 0.201. The predicted octanol–water partition coefficient (Wildman–Crippen LogP) is 3.48. The van der Waals surface area contributed by atoms with E-state index < -0.39 is 31.1 Å². The van der Waals surface area contributed by atoms with Crippen LogP contribution in [0.15, 0.2) is 0 Å². The average Bonchev–Trinajstić information content (AvgIpc) is 2.16. The summed E-state index contributed by atoms with van der Waals surface area (Å²) in [5.41, 5.74) is 0. The first kappa shape index (κ1) is 20.2. The monoisotopic (exact) mass is 336 g/mol. The summed E-state index contributed by atoms with van der Waals surface area (Å²) in [7, 11) is -5.19. The molecular weight excluding hydrogens is 304 g/mol. The topological polar surface area (TPSA) is 44.8 Å². The van der Waals surface area contributed by atoms with Crippen molar-refractivity contribution in [3.05, 3.63) is 0 Å². The highest BCUT2D eigenvalue weighted by Crippen LogP contribution is 2.17. The van der Waals surface area contributed by atoms with E-state index in [0.717, 1.165) is 6.29 Å². The van der Waals surface area contributed by atoms with Gasteiger partial charge in [0.2, 0.25) is 0 Å². The van der Waals surface area contributed by atoms with E-state index in [2.05, 4.69) is 58.9 Å². The van der Waals surface area contributed by atoms with Gasteiger partial charge in [0.15, 0.2) is 25.0 Å². The molecular formula is C13H32O4Si3. The number of aldehydes is 1. The van der Waals surface area contributed by atoms with Crippen molar-refractivity contribution < 1.29 is 18.1 Å². The van der Waals surface area contributed by atoms with Gasteiger partial charge in [0.25, 0.3) is 0 Å². The normalized spacial score (nSPS) is 16.9. The fourth-order valence-corrected chi connectivity index (χ4v) is 4.38. The van der Waals surface area contributed by atoms with Gasteiger partial charge >= 0.3 is 0 Å². The molecule has 0 radical (unpaired) electrons. The number of carbonyl (C=O) groups excluding carboxylic acids is 1. The lowest BCUT2D eigenvalue weighted by Crippen LogP contribution is -2.48. The van der Waals surface area contributed by atoms with E-state index in [0.29, 0.717) is 6.61 Å². The van der Waals surface area contributed by atoms with Crippen molar-refractivity contribution >= 4 is 31.2 Å². The maximum atomic E-state index is 11.4. The van der Waals surface area contributed by atoms with Crippen LogP contribution in [0.1, 0.15) is 0 Å². The average molecular weight is 337 g/mol. The van der Waals surface area contributed by atoms with Gasteiger partial charge in [-0.1, -0.05) is 0 Å². The molecule has 0 aromatic heterocycles. The molecule has 4 nitrogen and oxygen atoms in total. The summed E-state index contributed by atoms with van der Waals surface area (Å²) in [6.07, 6.45) is 0.0544. The molecule has 0 fully saturated rings. The van der Waals surface area contributed by atoms with Gasteiger partial charge in [-0.15, -0.1) is 0 Å². The molecule has 0 saturated heterocycles. The molecule has 120 valence electrons. The second-order valence-electron chi connectivity index (χ2n) is 8.02. The molecule has 0 bridgehead atoms. The Balaban J connectivity index is 4.92. The Labute approximate surface area is 127 Å².